The molecule has 0 radical (unpaired) electrons. The van der Waals surface area contributed by atoms with E-state index in [0.29, 0.717) is 17.1 Å². The number of carbonyl (C=O) groups excluding carboxylic acids is 3. The van der Waals surface area contributed by atoms with Crippen LogP contribution in [0.5, 0.6) is 0 Å². The van der Waals surface area contributed by atoms with Crippen LogP contribution in [0.2, 0.25) is 0 Å². The molecule has 0 fully saturated rings. The first-order chi connectivity index (χ1) is 16.7. The maximum atomic E-state index is 10.4. The Hall–Kier alpha value is -2.84. The van der Waals surface area contributed by atoms with Crippen LogP contribution in [-0.2, 0) is 26.3 Å². The summed E-state index contributed by atoms with van der Waals surface area (Å²) in [7, 11) is -1.84. The fourth-order valence-corrected chi connectivity index (χ4v) is 5.62. The Bertz CT molecular complexity index is 1070. The van der Waals surface area contributed by atoms with Crippen molar-refractivity contribution in [3.05, 3.63) is 72.8 Å². The minimum absolute atomic E-state index is 0.477. The number of nitrogens with zero attached hydrogens (tertiary/aromatic N) is 3. The van der Waals surface area contributed by atoms with E-state index in [1.807, 2.05) is 0 Å². The molecule has 0 heterocycles. The lowest BCUT2D eigenvalue weighted by Crippen LogP contribution is -1.83. The van der Waals surface area contributed by atoms with Crippen molar-refractivity contribution in [2.45, 2.75) is 14.7 Å². The number of rotatable bonds is 12. The van der Waals surface area contributed by atoms with Gasteiger partial charge in [-0.25, -0.2) is 26.3 Å². The first-order valence-electron chi connectivity index (χ1n) is 9.08. The molecule has 34 heavy (non-hydrogen) atoms. The summed E-state index contributed by atoms with van der Waals surface area (Å²) in [4.78, 5) is 43.9. The number of hydrogen-bond donors (Lipinski definition) is 0. The second kappa shape index (κ2) is 14.4. The summed E-state index contributed by atoms with van der Waals surface area (Å²) in [6.07, 6.45) is 4.45. The zero-order valence-corrected chi connectivity index (χ0v) is 20.2. The third kappa shape index (κ3) is 8.83. The normalized spacial score (nSPS) is 10.9. The van der Waals surface area contributed by atoms with Crippen LogP contribution < -0.4 is 0 Å². The predicted molar refractivity (Wildman–Crippen MR) is 130 cm³/mol. The fourth-order valence-electron chi connectivity index (χ4n) is 2.14. The summed E-state index contributed by atoms with van der Waals surface area (Å²) in [6, 6.07) is 20.3. The Morgan fingerprint density at radius 2 is 0.765 bits per heavy atom. The van der Waals surface area contributed by atoms with Crippen molar-refractivity contribution >= 4 is 80.0 Å². The topological polar surface area (TPSA) is 116 Å². The number of hydrogen-bond acceptors (Lipinski definition) is 12. The van der Waals surface area contributed by atoms with Crippen LogP contribution >= 0.6 is 44.7 Å². The molecule has 0 bridgehead atoms. The van der Waals surface area contributed by atoms with Gasteiger partial charge in [-0.15, -0.1) is 0 Å². The van der Waals surface area contributed by atoms with Crippen molar-refractivity contribution in [3.8, 4) is 0 Å². The number of isocyanates is 3. The predicted octanol–water partition coefficient (Wildman–Crippen LogP) is 7.29. The molecule has 9 nitrogen and oxygen atoms in total. The van der Waals surface area contributed by atoms with Gasteiger partial charge in [-0.3, -0.25) is 0 Å². The summed E-state index contributed by atoms with van der Waals surface area (Å²) < 4.78 is 17.2. The molecule has 3 rings (SSSR count). The largest absolute Gasteiger partial charge is 0.370 e. The highest BCUT2D eigenvalue weighted by atomic mass is 32.2. The molecule has 0 aliphatic rings. The van der Waals surface area contributed by atoms with E-state index in [4.69, 9.17) is 11.9 Å². The quantitative estimate of drug-likeness (QED) is 0.103. The summed E-state index contributed by atoms with van der Waals surface area (Å²) in [5.41, 5.74) is 1.43. The first-order valence-corrected chi connectivity index (χ1v) is 12.4. The van der Waals surface area contributed by atoms with Crippen molar-refractivity contribution in [1.29, 1.82) is 0 Å². The molecule has 0 spiro atoms. The highest BCUT2D eigenvalue weighted by Gasteiger charge is 2.18. The van der Waals surface area contributed by atoms with E-state index in [1.54, 1.807) is 72.8 Å². The molecule has 0 saturated heterocycles. The highest BCUT2D eigenvalue weighted by molar-refractivity contribution is 8.03. The lowest BCUT2D eigenvalue weighted by atomic mass is 10.3. The summed E-state index contributed by atoms with van der Waals surface area (Å²) in [5.74, 6) is 0. The van der Waals surface area contributed by atoms with Crippen LogP contribution in [0.3, 0.4) is 0 Å². The molecule has 0 aliphatic carbocycles. The summed E-state index contributed by atoms with van der Waals surface area (Å²) in [5, 5.41) is 0. The molecule has 170 valence electrons. The fraction of sp³-hybridized carbons (Fsp3) is 0. The molecule has 0 aliphatic heterocycles. The van der Waals surface area contributed by atoms with Crippen molar-refractivity contribution in [3.63, 3.8) is 0 Å². The van der Waals surface area contributed by atoms with Gasteiger partial charge in [-0.1, -0.05) is 0 Å². The zero-order chi connectivity index (χ0) is 24.0. The van der Waals surface area contributed by atoms with Crippen LogP contribution in [0.1, 0.15) is 0 Å². The maximum absolute atomic E-state index is 10.4. The molecule has 13 heteroatoms. The van der Waals surface area contributed by atoms with Crippen molar-refractivity contribution < 1.29 is 26.3 Å². The molecule has 3 aromatic carbocycles. The first kappa shape index (κ1) is 25.8. The van der Waals surface area contributed by atoms with Crippen molar-refractivity contribution in [2.24, 2.45) is 15.0 Å². The van der Waals surface area contributed by atoms with Crippen LogP contribution in [0.4, 0.5) is 17.1 Å². The highest BCUT2D eigenvalue weighted by Crippen LogP contribution is 2.53. The van der Waals surface area contributed by atoms with E-state index in [9.17, 15) is 14.4 Å². The van der Waals surface area contributed by atoms with Gasteiger partial charge in [0.05, 0.1) is 17.1 Å². The van der Waals surface area contributed by atoms with Crippen LogP contribution in [-0.4, -0.2) is 18.2 Å². The van der Waals surface area contributed by atoms with E-state index >= 15 is 0 Å². The van der Waals surface area contributed by atoms with Gasteiger partial charge >= 0.3 is 8.60 Å². The van der Waals surface area contributed by atoms with E-state index in [0.717, 1.165) is 50.8 Å². The van der Waals surface area contributed by atoms with Crippen molar-refractivity contribution in [2.75, 3.05) is 0 Å². The molecule has 0 N–H and O–H groups in total. The van der Waals surface area contributed by atoms with Gasteiger partial charge in [-0.05, 0) is 72.8 Å². The summed E-state index contributed by atoms with van der Waals surface area (Å²) in [6.45, 7) is 0. The van der Waals surface area contributed by atoms with Gasteiger partial charge in [0.2, 0.25) is 18.2 Å². The molecule has 3 aromatic rings. The van der Waals surface area contributed by atoms with E-state index in [-0.39, 0.29) is 0 Å². The smallest absolute Gasteiger partial charge is 0.234 e. The van der Waals surface area contributed by atoms with E-state index in [2.05, 4.69) is 15.0 Å². The molecule has 0 saturated carbocycles. The Morgan fingerprint density at radius 3 is 1.00 bits per heavy atom. The number of benzene rings is 3. The van der Waals surface area contributed by atoms with Gasteiger partial charge < -0.3 is 0 Å². The molecule has 0 aromatic heterocycles. The van der Waals surface area contributed by atoms with Gasteiger partial charge in [-0.2, -0.15) is 15.0 Å². The lowest BCUT2D eigenvalue weighted by molar-refractivity contribution is 0.469. The van der Waals surface area contributed by atoms with Crippen LogP contribution in [0.25, 0.3) is 0 Å². The van der Waals surface area contributed by atoms with Gasteiger partial charge in [0.15, 0.2) is 0 Å². The minimum atomic E-state index is -1.84. The zero-order valence-electron chi connectivity index (χ0n) is 16.9. The Balaban J connectivity index is 1.63. The molecule has 0 atom stereocenters. The van der Waals surface area contributed by atoms with Crippen LogP contribution in [0, 0.1) is 0 Å². The second-order valence-electron chi connectivity index (χ2n) is 5.79. The monoisotopic (exact) mass is 529 g/mol. The molecular weight excluding hydrogens is 517 g/mol. The van der Waals surface area contributed by atoms with E-state index < -0.39 is 8.60 Å². The Morgan fingerprint density at radius 1 is 0.500 bits per heavy atom. The Labute approximate surface area is 208 Å². The third-order valence-corrected chi connectivity index (χ3v) is 7.37. The third-order valence-electron chi connectivity index (χ3n) is 3.62. The SMILES string of the molecule is O=C=Nc1ccc(SOP(OSc2ccc(N=C=O)cc2)OSc2ccc(N=C=O)cc2)cc1. The lowest BCUT2D eigenvalue weighted by Gasteiger charge is -2.13. The minimum Gasteiger partial charge on any atom is -0.234 e. The van der Waals surface area contributed by atoms with Gasteiger partial charge in [0, 0.05) is 50.8 Å². The van der Waals surface area contributed by atoms with Gasteiger partial charge in [0.1, 0.15) is 0 Å². The molecule has 0 unspecified atom stereocenters. The standard InChI is InChI=1S/C21H12N3O6PS3/c25-13-22-16-1-7-19(8-2-16)32-28-31(29-33-20-9-3-17(4-10-20)23-14-26)30-34-21-11-5-18(6-12-21)24-15-27/h1-12H. The molecular formula is C21H12N3O6PS3. The number of aliphatic imine (C=N–C) groups is 3. The van der Waals surface area contributed by atoms with E-state index in [1.165, 1.54) is 18.2 Å². The maximum Gasteiger partial charge on any atom is 0.370 e. The summed E-state index contributed by atoms with van der Waals surface area (Å²) >= 11 is 3.12. The molecule has 0 amide bonds. The van der Waals surface area contributed by atoms with Gasteiger partial charge in [0.25, 0.3) is 0 Å². The second-order valence-corrected chi connectivity index (χ2v) is 9.94. The van der Waals surface area contributed by atoms with Crippen molar-refractivity contribution in [1.82, 2.24) is 0 Å². The average Bonchev–Trinajstić information content (AvgIpc) is 2.87. The Kier molecular flexibility index (Phi) is 10.9. The average molecular weight is 530 g/mol. The van der Waals surface area contributed by atoms with Crippen LogP contribution in [0.15, 0.2) is 102 Å².